The minimum absolute atomic E-state index is 0.134. The minimum Gasteiger partial charge on any atom is -0.371 e. The first kappa shape index (κ1) is 19.9. The van der Waals surface area contributed by atoms with Crippen LogP contribution < -0.4 is 5.01 Å². The Labute approximate surface area is 170 Å². The summed E-state index contributed by atoms with van der Waals surface area (Å²) in [6, 6.07) is 7.31. The molecule has 0 saturated carbocycles. The van der Waals surface area contributed by atoms with E-state index in [2.05, 4.69) is 10.1 Å². The molecule has 1 saturated heterocycles. The van der Waals surface area contributed by atoms with Gasteiger partial charge in [0.2, 0.25) is 5.13 Å². The van der Waals surface area contributed by atoms with Gasteiger partial charge in [0.25, 0.3) is 5.91 Å². The number of hydrazone groups is 1. The highest BCUT2D eigenvalue weighted by Gasteiger charge is 2.49. The van der Waals surface area contributed by atoms with Crippen molar-refractivity contribution < 1.29 is 18.0 Å². The molecule has 9 heteroatoms. The lowest BCUT2D eigenvalue weighted by atomic mass is 9.97. The van der Waals surface area contributed by atoms with Crippen molar-refractivity contribution in [2.75, 3.05) is 11.6 Å². The van der Waals surface area contributed by atoms with Crippen LogP contribution in [0.15, 0.2) is 40.6 Å². The van der Waals surface area contributed by atoms with Gasteiger partial charge in [-0.1, -0.05) is 30.4 Å². The number of alkyl halides is 3. The number of carbonyl (C=O) groups excluding carboxylic acids is 1. The number of halogens is 3. The second kappa shape index (κ2) is 7.44. The van der Waals surface area contributed by atoms with Crippen LogP contribution in [0.2, 0.25) is 0 Å². The molecule has 0 N–H and O–H groups in total. The Hall–Kier alpha value is -2.42. The Kier molecular flexibility index (Phi) is 5.10. The predicted molar refractivity (Wildman–Crippen MR) is 108 cm³/mol. The third kappa shape index (κ3) is 3.52. The van der Waals surface area contributed by atoms with Crippen LogP contribution in [0.5, 0.6) is 0 Å². The molecular formula is C20H21F3N4OS. The molecule has 2 aromatic rings. The average molecular weight is 422 g/mol. The van der Waals surface area contributed by atoms with Gasteiger partial charge in [-0.15, -0.1) is 0 Å². The van der Waals surface area contributed by atoms with Crippen LogP contribution in [0.25, 0.3) is 10.2 Å². The van der Waals surface area contributed by atoms with Gasteiger partial charge in [-0.2, -0.15) is 23.3 Å². The molecule has 0 aliphatic carbocycles. The van der Waals surface area contributed by atoms with Crippen molar-refractivity contribution in [2.24, 2.45) is 5.10 Å². The number of nitrogens with zero attached hydrogens (tertiary/aromatic N) is 4. The lowest BCUT2D eigenvalue weighted by Gasteiger charge is -2.38. The van der Waals surface area contributed by atoms with Crippen molar-refractivity contribution in [3.05, 3.63) is 35.5 Å². The Morgan fingerprint density at radius 1 is 1.28 bits per heavy atom. The van der Waals surface area contributed by atoms with E-state index in [1.165, 1.54) is 0 Å². The van der Waals surface area contributed by atoms with E-state index in [0.717, 1.165) is 46.7 Å². The lowest BCUT2D eigenvalue weighted by molar-refractivity contribution is -0.114. The van der Waals surface area contributed by atoms with E-state index in [0.29, 0.717) is 17.8 Å². The average Bonchev–Trinajstić information content (AvgIpc) is 3.28. The molecule has 2 aliphatic rings. The quantitative estimate of drug-likeness (QED) is 0.647. The molecule has 1 aromatic heterocycles. The molecule has 1 unspecified atom stereocenters. The standard InChI is InChI=1S/C20H21F3N4OS/c1-3-13-8-6-7-11-26(13)12(2)16-17(20(21,22)23)25-27(18(16)28)19-24-14-9-4-5-10-15(14)29-19/h4-5,9-10,13H,3,6-8,11H2,1-2H3. The maximum absolute atomic E-state index is 13.8. The minimum atomic E-state index is -4.73. The number of carbonyl (C=O) groups is 1. The summed E-state index contributed by atoms with van der Waals surface area (Å²) in [4.78, 5) is 19.4. The van der Waals surface area contributed by atoms with Crippen molar-refractivity contribution in [3.8, 4) is 0 Å². The molecule has 1 amide bonds. The number of amides is 1. The zero-order valence-corrected chi connectivity index (χ0v) is 17.0. The van der Waals surface area contributed by atoms with Gasteiger partial charge in [0.05, 0.1) is 15.8 Å². The van der Waals surface area contributed by atoms with Crippen molar-refractivity contribution in [1.29, 1.82) is 0 Å². The Morgan fingerprint density at radius 2 is 2.03 bits per heavy atom. The largest absolute Gasteiger partial charge is 0.436 e. The zero-order valence-electron chi connectivity index (χ0n) is 16.2. The number of rotatable bonds is 3. The smallest absolute Gasteiger partial charge is 0.371 e. The van der Waals surface area contributed by atoms with Gasteiger partial charge in [-0.05, 0) is 44.7 Å². The number of hydrogen-bond donors (Lipinski definition) is 0. The SMILES string of the molecule is CCC1CCCCN1C(C)=C1C(=O)N(c2nc3ccccc3s2)N=C1C(F)(F)F. The van der Waals surface area contributed by atoms with E-state index in [1.807, 2.05) is 24.0 Å². The number of hydrogen-bond acceptors (Lipinski definition) is 5. The van der Waals surface area contributed by atoms with Crippen molar-refractivity contribution in [2.45, 2.75) is 51.7 Å². The first-order valence-corrected chi connectivity index (χ1v) is 10.5. The van der Waals surface area contributed by atoms with Gasteiger partial charge in [0.15, 0.2) is 5.71 Å². The summed E-state index contributed by atoms with van der Waals surface area (Å²) in [6.07, 6.45) is -1.05. The van der Waals surface area contributed by atoms with E-state index in [4.69, 9.17) is 0 Å². The molecule has 154 valence electrons. The highest BCUT2D eigenvalue weighted by atomic mass is 32.1. The summed E-state index contributed by atoms with van der Waals surface area (Å²) in [5.74, 6) is -0.769. The lowest BCUT2D eigenvalue weighted by Crippen LogP contribution is -2.40. The number of anilines is 1. The fourth-order valence-electron chi connectivity index (χ4n) is 4.02. The van der Waals surface area contributed by atoms with E-state index in [9.17, 15) is 18.0 Å². The molecule has 5 nitrogen and oxygen atoms in total. The number of likely N-dealkylation sites (tertiary alicyclic amines) is 1. The Bertz CT molecular complexity index is 978. The fourth-order valence-corrected chi connectivity index (χ4v) is 4.93. The summed E-state index contributed by atoms with van der Waals surface area (Å²) < 4.78 is 42.2. The monoisotopic (exact) mass is 422 g/mol. The first-order chi connectivity index (χ1) is 13.8. The Morgan fingerprint density at radius 3 is 2.72 bits per heavy atom. The number of thiazole rings is 1. The molecule has 1 aromatic carbocycles. The summed E-state index contributed by atoms with van der Waals surface area (Å²) in [7, 11) is 0. The van der Waals surface area contributed by atoms with E-state index in [1.54, 1.807) is 19.1 Å². The molecule has 0 radical (unpaired) electrons. The van der Waals surface area contributed by atoms with Crippen LogP contribution in [0.1, 0.15) is 39.5 Å². The van der Waals surface area contributed by atoms with Gasteiger partial charge < -0.3 is 4.90 Å². The molecule has 3 heterocycles. The number of aromatic nitrogens is 1. The fraction of sp³-hybridized carbons (Fsp3) is 0.450. The van der Waals surface area contributed by atoms with Crippen molar-refractivity contribution in [1.82, 2.24) is 9.88 Å². The predicted octanol–water partition coefficient (Wildman–Crippen LogP) is 5.10. The van der Waals surface area contributed by atoms with Crippen LogP contribution in [0, 0.1) is 0 Å². The molecule has 29 heavy (non-hydrogen) atoms. The number of piperidine rings is 1. The molecule has 2 aliphatic heterocycles. The second-order valence-corrected chi connectivity index (χ2v) is 8.25. The summed E-state index contributed by atoms with van der Waals surface area (Å²) >= 11 is 1.15. The third-order valence-electron chi connectivity index (χ3n) is 5.47. The molecule has 1 fully saturated rings. The third-order valence-corrected chi connectivity index (χ3v) is 6.48. The van der Waals surface area contributed by atoms with E-state index >= 15 is 0 Å². The summed E-state index contributed by atoms with van der Waals surface area (Å²) in [6.45, 7) is 4.27. The van der Waals surface area contributed by atoms with Crippen LogP contribution in [0.4, 0.5) is 18.3 Å². The van der Waals surface area contributed by atoms with Crippen molar-refractivity contribution in [3.63, 3.8) is 0 Å². The number of allylic oxidation sites excluding steroid dienone is 1. The number of para-hydroxylation sites is 1. The van der Waals surface area contributed by atoms with E-state index in [-0.39, 0.29) is 16.7 Å². The van der Waals surface area contributed by atoms with Crippen molar-refractivity contribution >= 4 is 38.3 Å². The molecule has 0 spiro atoms. The van der Waals surface area contributed by atoms with Crippen LogP contribution in [-0.4, -0.2) is 40.3 Å². The highest BCUT2D eigenvalue weighted by molar-refractivity contribution is 7.22. The van der Waals surface area contributed by atoms with E-state index < -0.39 is 17.8 Å². The van der Waals surface area contributed by atoms with Gasteiger partial charge in [-0.3, -0.25) is 4.79 Å². The van der Waals surface area contributed by atoms with Crippen LogP contribution >= 0.6 is 11.3 Å². The molecule has 1 atom stereocenters. The van der Waals surface area contributed by atoms with Crippen LogP contribution in [-0.2, 0) is 4.79 Å². The highest BCUT2D eigenvalue weighted by Crippen LogP contribution is 2.38. The van der Waals surface area contributed by atoms with Gasteiger partial charge in [0, 0.05) is 18.3 Å². The molecule has 0 bridgehead atoms. The van der Waals surface area contributed by atoms with Gasteiger partial charge in [-0.25, -0.2) is 4.98 Å². The van der Waals surface area contributed by atoms with Gasteiger partial charge in [0.1, 0.15) is 0 Å². The number of fused-ring (bicyclic) bond motifs is 1. The topological polar surface area (TPSA) is 48.8 Å². The first-order valence-electron chi connectivity index (χ1n) is 9.65. The molecular weight excluding hydrogens is 401 g/mol. The second-order valence-electron chi connectivity index (χ2n) is 7.24. The molecule has 4 rings (SSSR count). The maximum atomic E-state index is 13.8. The summed E-state index contributed by atoms with van der Waals surface area (Å²) in [5, 5.41) is 4.64. The van der Waals surface area contributed by atoms with Gasteiger partial charge >= 0.3 is 6.18 Å². The normalized spacial score (nSPS) is 22.4. The summed E-state index contributed by atoms with van der Waals surface area (Å²) in [5.41, 5.74) is -0.529. The van der Waals surface area contributed by atoms with Crippen LogP contribution in [0.3, 0.4) is 0 Å². The number of benzene rings is 1. The maximum Gasteiger partial charge on any atom is 0.436 e. The Balaban J connectivity index is 1.79. The zero-order chi connectivity index (χ0) is 20.8.